The van der Waals surface area contributed by atoms with Crippen molar-refractivity contribution < 1.29 is 9.53 Å². The molecule has 2 heterocycles. The molecule has 4 heteroatoms. The third-order valence-electron chi connectivity index (χ3n) is 5.34. The van der Waals surface area contributed by atoms with Crippen LogP contribution in [0, 0.1) is 5.92 Å². The van der Waals surface area contributed by atoms with E-state index in [4.69, 9.17) is 4.74 Å². The Morgan fingerprint density at radius 2 is 1.95 bits per heavy atom. The average molecular weight is 282 g/mol. The van der Waals surface area contributed by atoms with E-state index in [1.54, 1.807) is 0 Å². The van der Waals surface area contributed by atoms with Gasteiger partial charge in [-0.15, -0.1) is 0 Å². The highest BCUT2D eigenvalue weighted by Crippen LogP contribution is 2.49. The van der Waals surface area contributed by atoms with Gasteiger partial charge >= 0.3 is 0 Å². The van der Waals surface area contributed by atoms with E-state index in [1.807, 2.05) is 18.7 Å². The van der Waals surface area contributed by atoms with Crippen LogP contribution in [0.3, 0.4) is 0 Å². The average Bonchev–Trinajstić information content (AvgIpc) is 2.37. The van der Waals surface area contributed by atoms with E-state index in [0.717, 1.165) is 25.9 Å². The molecule has 2 bridgehead atoms. The van der Waals surface area contributed by atoms with Crippen LogP contribution in [0.25, 0.3) is 0 Å². The first-order valence-electron chi connectivity index (χ1n) is 8.03. The van der Waals surface area contributed by atoms with Crippen molar-refractivity contribution in [1.29, 1.82) is 0 Å². The molecule has 0 spiro atoms. The highest BCUT2D eigenvalue weighted by atomic mass is 16.5. The van der Waals surface area contributed by atoms with Crippen LogP contribution in [0.2, 0.25) is 0 Å². The van der Waals surface area contributed by atoms with Gasteiger partial charge in [0.05, 0.1) is 17.7 Å². The van der Waals surface area contributed by atoms with Gasteiger partial charge in [-0.3, -0.25) is 4.79 Å². The maximum Gasteiger partial charge on any atom is 0.236 e. The number of hydrogen-bond acceptors (Lipinski definition) is 3. The summed E-state index contributed by atoms with van der Waals surface area (Å²) in [5, 5.41) is 3.46. The second-order valence-corrected chi connectivity index (χ2v) is 6.99. The summed E-state index contributed by atoms with van der Waals surface area (Å²) < 4.78 is 6.33. The molecular weight excluding hydrogens is 252 g/mol. The van der Waals surface area contributed by atoms with E-state index < -0.39 is 0 Å². The van der Waals surface area contributed by atoms with Crippen LogP contribution >= 0.6 is 0 Å². The van der Waals surface area contributed by atoms with E-state index in [9.17, 15) is 4.79 Å². The Morgan fingerprint density at radius 1 is 1.30 bits per heavy atom. The van der Waals surface area contributed by atoms with E-state index in [1.165, 1.54) is 6.42 Å². The van der Waals surface area contributed by atoms with Gasteiger partial charge in [-0.25, -0.2) is 0 Å². The number of carbonyl (C=O) groups excluding carboxylic acids is 1. The molecule has 3 atom stereocenters. The fraction of sp³-hybridized carbons (Fsp3) is 0.938. The van der Waals surface area contributed by atoms with Crippen molar-refractivity contribution in [2.75, 3.05) is 19.6 Å². The molecule has 1 aliphatic carbocycles. The number of rotatable bonds is 5. The molecule has 2 saturated heterocycles. The van der Waals surface area contributed by atoms with Gasteiger partial charge in [0.1, 0.15) is 0 Å². The molecule has 3 fully saturated rings. The van der Waals surface area contributed by atoms with Gasteiger partial charge in [0.15, 0.2) is 0 Å². The topological polar surface area (TPSA) is 41.6 Å². The maximum absolute atomic E-state index is 12.1. The Kier molecular flexibility index (Phi) is 4.45. The van der Waals surface area contributed by atoms with Crippen molar-refractivity contribution in [3.05, 3.63) is 0 Å². The molecule has 3 unspecified atom stereocenters. The lowest BCUT2D eigenvalue weighted by molar-refractivity contribution is -0.243. The largest absolute Gasteiger partial charge is 0.368 e. The van der Waals surface area contributed by atoms with Crippen molar-refractivity contribution in [1.82, 2.24) is 10.2 Å². The fourth-order valence-electron chi connectivity index (χ4n) is 3.92. The van der Waals surface area contributed by atoms with E-state index in [0.29, 0.717) is 18.5 Å². The van der Waals surface area contributed by atoms with Gasteiger partial charge in [0.25, 0.3) is 0 Å². The minimum absolute atomic E-state index is 0.0198. The molecule has 3 rings (SSSR count). The molecule has 0 aromatic carbocycles. The number of nitrogens with zero attached hydrogens (tertiary/aromatic N) is 1. The standard InChI is InChI=1S/C16H30N2O2/c1-6-18(7-2)14(19)11-17-13-10-12-8-9-16(13,5)20-15(12,3)4/h12-13,17H,6-11H2,1-5H3. The third-order valence-corrected chi connectivity index (χ3v) is 5.34. The fourth-order valence-corrected chi connectivity index (χ4v) is 3.92. The first-order valence-corrected chi connectivity index (χ1v) is 8.03. The molecule has 1 amide bonds. The van der Waals surface area contributed by atoms with Gasteiger partial charge in [-0.1, -0.05) is 0 Å². The lowest BCUT2D eigenvalue weighted by Crippen LogP contribution is -2.65. The number of amides is 1. The highest BCUT2D eigenvalue weighted by molar-refractivity contribution is 5.78. The van der Waals surface area contributed by atoms with Crippen LogP contribution in [0.5, 0.6) is 0 Å². The third kappa shape index (κ3) is 2.86. The Balaban J connectivity index is 1.94. The minimum atomic E-state index is -0.123. The molecule has 1 N–H and O–H groups in total. The van der Waals surface area contributed by atoms with E-state index in [-0.39, 0.29) is 17.1 Å². The SMILES string of the molecule is CCN(CC)C(=O)CNC1CC2CCC1(C)OC2(C)C. The smallest absolute Gasteiger partial charge is 0.236 e. The number of likely N-dealkylation sites (N-methyl/N-ethyl adjacent to an activating group) is 1. The zero-order chi connectivity index (χ0) is 15.0. The van der Waals surface area contributed by atoms with Crippen LogP contribution < -0.4 is 5.32 Å². The summed E-state index contributed by atoms with van der Waals surface area (Å²) in [7, 11) is 0. The van der Waals surface area contributed by atoms with Gasteiger partial charge in [0.2, 0.25) is 5.91 Å². The maximum atomic E-state index is 12.1. The number of ether oxygens (including phenoxy) is 1. The van der Waals surface area contributed by atoms with Crippen LogP contribution in [0.4, 0.5) is 0 Å². The van der Waals surface area contributed by atoms with Crippen molar-refractivity contribution in [3.63, 3.8) is 0 Å². The summed E-state index contributed by atoms with van der Waals surface area (Å²) in [6.07, 6.45) is 3.46. The molecule has 3 aliphatic rings. The summed E-state index contributed by atoms with van der Waals surface area (Å²) in [5.74, 6) is 0.796. The van der Waals surface area contributed by atoms with Crippen molar-refractivity contribution >= 4 is 5.91 Å². The Bertz CT molecular complexity index is 365. The molecule has 0 aromatic rings. The second kappa shape index (κ2) is 5.64. The van der Waals surface area contributed by atoms with Crippen LogP contribution in [-0.2, 0) is 9.53 Å². The van der Waals surface area contributed by atoms with Gasteiger partial charge in [0, 0.05) is 19.1 Å². The lowest BCUT2D eigenvalue weighted by Gasteiger charge is -2.58. The minimum Gasteiger partial charge on any atom is -0.368 e. The second-order valence-electron chi connectivity index (χ2n) is 6.99. The molecule has 2 aliphatic heterocycles. The first kappa shape index (κ1) is 15.8. The van der Waals surface area contributed by atoms with Crippen molar-refractivity contribution in [2.24, 2.45) is 5.92 Å². The predicted octanol–water partition coefficient (Wildman–Crippen LogP) is 2.18. The van der Waals surface area contributed by atoms with Gasteiger partial charge in [-0.05, 0) is 59.8 Å². The van der Waals surface area contributed by atoms with Crippen LogP contribution in [-0.4, -0.2) is 47.7 Å². The first-order chi connectivity index (χ1) is 9.32. The zero-order valence-electron chi connectivity index (χ0n) is 13.7. The van der Waals surface area contributed by atoms with Gasteiger partial charge in [-0.2, -0.15) is 0 Å². The molecule has 4 nitrogen and oxygen atoms in total. The molecular formula is C16H30N2O2. The Labute approximate surface area is 123 Å². The van der Waals surface area contributed by atoms with Gasteiger partial charge < -0.3 is 15.0 Å². The number of hydrogen-bond donors (Lipinski definition) is 1. The van der Waals surface area contributed by atoms with Crippen molar-refractivity contribution in [3.8, 4) is 0 Å². The van der Waals surface area contributed by atoms with E-state index >= 15 is 0 Å². The Hall–Kier alpha value is -0.610. The van der Waals surface area contributed by atoms with Crippen molar-refractivity contribution in [2.45, 2.75) is 71.1 Å². The number of fused-ring (bicyclic) bond motifs is 3. The summed E-state index contributed by atoms with van der Waals surface area (Å²) >= 11 is 0. The molecule has 1 saturated carbocycles. The monoisotopic (exact) mass is 282 g/mol. The molecule has 116 valence electrons. The summed E-state index contributed by atoms with van der Waals surface area (Å²) in [4.78, 5) is 14.0. The molecule has 0 aromatic heterocycles. The summed E-state index contributed by atoms with van der Waals surface area (Å²) in [6.45, 7) is 12.6. The molecule has 20 heavy (non-hydrogen) atoms. The summed E-state index contributed by atoms with van der Waals surface area (Å²) in [6, 6.07) is 0.300. The quantitative estimate of drug-likeness (QED) is 0.840. The highest BCUT2D eigenvalue weighted by Gasteiger charge is 2.53. The van der Waals surface area contributed by atoms with Crippen LogP contribution in [0.15, 0.2) is 0 Å². The lowest BCUT2D eigenvalue weighted by atomic mass is 9.66. The van der Waals surface area contributed by atoms with E-state index in [2.05, 4.69) is 26.1 Å². The predicted molar refractivity (Wildman–Crippen MR) is 80.6 cm³/mol. The zero-order valence-corrected chi connectivity index (χ0v) is 13.7. The number of nitrogens with one attached hydrogen (secondary N) is 1. The number of carbonyl (C=O) groups is 1. The van der Waals surface area contributed by atoms with Crippen LogP contribution in [0.1, 0.15) is 53.9 Å². The normalized spacial score (nSPS) is 35.0. The Morgan fingerprint density at radius 3 is 2.45 bits per heavy atom. The molecule has 0 radical (unpaired) electrons. The summed E-state index contributed by atoms with van der Waals surface area (Å²) in [5.41, 5.74) is -0.143.